The van der Waals surface area contributed by atoms with Crippen LogP contribution < -0.4 is 14.8 Å². The third-order valence-electron chi connectivity index (χ3n) is 4.71. The van der Waals surface area contributed by atoms with E-state index in [-0.39, 0.29) is 6.10 Å². The number of fused-ring (bicyclic) bond motifs is 1. The highest BCUT2D eigenvalue weighted by molar-refractivity contribution is 5.82. The first-order chi connectivity index (χ1) is 12.8. The summed E-state index contributed by atoms with van der Waals surface area (Å²) in [5.74, 6) is 2.30. The van der Waals surface area contributed by atoms with Gasteiger partial charge in [-0.3, -0.25) is 4.40 Å². The van der Waals surface area contributed by atoms with Crippen LogP contribution in [0, 0.1) is 0 Å². The second-order valence-corrected chi connectivity index (χ2v) is 6.29. The van der Waals surface area contributed by atoms with Gasteiger partial charge in [-0.15, -0.1) is 0 Å². The van der Waals surface area contributed by atoms with Gasteiger partial charge in [0.15, 0.2) is 11.5 Å². The Bertz CT molecular complexity index is 900. The SMILES string of the molecule is COc1cccc(-c2nc3ccccn3c2NC[C@H]2CCCO2)c1OC. The second kappa shape index (κ2) is 7.25. The lowest BCUT2D eigenvalue weighted by Crippen LogP contribution is -2.19. The first-order valence-electron chi connectivity index (χ1n) is 8.85. The van der Waals surface area contributed by atoms with Gasteiger partial charge in [-0.25, -0.2) is 4.98 Å². The van der Waals surface area contributed by atoms with Crippen LogP contribution in [-0.4, -0.2) is 42.9 Å². The number of para-hydroxylation sites is 1. The lowest BCUT2D eigenvalue weighted by atomic mass is 10.1. The van der Waals surface area contributed by atoms with E-state index in [1.165, 1.54) is 0 Å². The Hall–Kier alpha value is -2.73. The molecule has 0 radical (unpaired) electrons. The van der Waals surface area contributed by atoms with Crippen LogP contribution in [0.2, 0.25) is 0 Å². The van der Waals surface area contributed by atoms with Crippen LogP contribution >= 0.6 is 0 Å². The van der Waals surface area contributed by atoms with E-state index in [1.807, 2.05) is 42.6 Å². The Morgan fingerprint density at radius 1 is 1.19 bits per heavy atom. The number of rotatable bonds is 6. The molecule has 1 aliphatic heterocycles. The molecule has 1 fully saturated rings. The van der Waals surface area contributed by atoms with E-state index in [1.54, 1.807) is 14.2 Å². The zero-order valence-corrected chi connectivity index (χ0v) is 15.1. The number of benzene rings is 1. The molecule has 136 valence electrons. The van der Waals surface area contributed by atoms with Gasteiger partial charge in [-0.2, -0.15) is 0 Å². The molecule has 3 aromatic rings. The van der Waals surface area contributed by atoms with Crippen LogP contribution in [0.3, 0.4) is 0 Å². The Kier molecular flexibility index (Phi) is 4.67. The molecule has 1 atom stereocenters. The van der Waals surface area contributed by atoms with Gasteiger partial charge in [0.2, 0.25) is 0 Å². The Labute approximate surface area is 152 Å². The van der Waals surface area contributed by atoms with E-state index < -0.39 is 0 Å². The highest BCUT2D eigenvalue weighted by Gasteiger charge is 2.21. The summed E-state index contributed by atoms with van der Waals surface area (Å²) in [6, 6.07) is 11.8. The molecular weight excluding hydrogens is 330 g/mol. The third-order valence-corrected chi connectivity index (χ3v) is 4.71. The summed E-state index contributed by atoms with van der Waals surface area (Å²) in [5.41, 5.74) is 2.61. The third kappa shape index (κ3) is 2.97. The Balaban J connectivity index is 1.80. The fourth-order valence-electron chi connectivity index (χ4n) is 3.44. The molecule has 0 saturated carbocycles. The molecule has 4 rings (SSSR count). The van der Waals surface area contributed by atoms with Crippen molar-refractivity contribution in [3.8, 4) is 22.8 Å². The predicted molar refractivity (Wildman–Crippen MR) is 101 cm³/mol. The van der Waals surface area contributed by atoms with E-state index in [2.05, 4.69) is 9.72 Å². The summed E-state index contributed by atoms with van der Waals surface area (Å²) in [7, 11) is 3.29. The molecule has 6 heteroatoms. The Morgan fingerprint density at radius 2 is 2.12 bits per heavy atom. The van der Waals surface area contributed by atoms with Crippen LogP contribution in [0.5, 0.6) is 11.5 Å². The molecule has 26 heavy (non-hydrogen) atoms. The van der Waals surface area contributed by atoms with Crippen molar-refractivity contribution < 1.29 is 14.2 Å². The highest BCUT2D eigenvalue weighted by Crippen LogP contribution is 2.40. The standard InChI is InChI=1S/C20H23N3O3/c1-24-16-9-5-8-15(19(16)25-2)18-20(21-13-14-7-6-12-26-14)23-11-4-3-10-17(23)22-18/h3-5,8-11,14,21H,6-7,12-13H2,1-2H3/t14-/m1/s1. The molecule has 1 aliphatic rings. The molecule has 3 heterocycles. The molecule has 0 aliphatic carbocycles. The van der Waals surface area contributed by atoms with E-state index >= 15 is 0 Å². The number of aromatic nitrogens is 2. The minimum Gasteiger partial charge on any atom is -0.493 e. The molecule has 0 amide bonds. The van der Waals surface area contributed by atoms with Gasteiger partial charge >= 0.3 is 0 Å². The fraction of sp³-hybridized carbons (Fsp3) is 0.350. The normalized spacial score (nSPS) is 16.8. The molecule has 1 saturated heterocycles. The van der Waals surface area contributed by atoms with E-state index in [0.29, 0.717) is 11.5 Å². The summed E-state index contributed by atoms with van der Waals surface area (Å²) in [5, 5.41) is 3.54. The van der Waals surface area contributed by atoms with Crippen LogP contribution in [-0.2, 0) is 4.74 Å². The summed E-state index contributed by atoms with van der Waals surface area (Å²) in [4.78, 5) is 4.84. The fourth-order valence-corrected chi connectivity index (χ4v) is 3.44. The minimum atomic E-state index is 0.240. The molecule has 1 N–H and O–H groups in total. The quantitative estimate of drug-likeness (QED) is 0.734. The highest BCUT2D eigenvalue weighted by atomic mass is 16.5. The average Bonchev–Trinajstić information content (AvgIpc) is 3.33. The van der Waals surface area contributed by atoms with E-state index in [0.717, 1.165) is 48.7 Å². The first-order valence-corrected chi connectivity index (χ1v) is 8.85. The molecule has 0 bridgehead atoms. The van der Waals surface area contributed by atoms with Crippen LogP contribution in [0.15, 0.2) is 42.6 Å². The molecule has 2 aromatic heterocycles. The van der Waals surface area contributed by atoms with E-state index in [9.17, 15) is 0 Å². The van der Waals surface area contributed by atoms with E-state index in [4.69, 9.17) is 19.2 Å². The zero-order chi connectivity index (χ0) is 17.9. The molecule has 0 unspecified atom stereocenters. The van der Waals surface area contributed by atoms with Crippen LogP contribution in [0.25, 0.3) is 16.9 Å². The minimum absolute atomic E-state index is 0.240. The molecular formula is C20H23N3O3. The Morgan fingerprint density at radius 3 is 2.88 bits per heavy atom. The van der Waals surface area contributed by atoms with Crippen molar-refractivity contribution in [2.75, 3.05) is 32.7 Å². The topological polar surface area (TPSA) is 57.0 Å². The lowest BCUT2D eigenvalue weighted by Gasteiger charge is -2.15. The second-order valence-electron chi connectivity index (χ2n) is 6.29. The number of ether oxygens (including phenoxy) is 3. The van der Waals surface area contributed by atoms with Gasteiger partial charge in [0, 0.05) is 24.9 Å². The van der Waals surface area contributed by atoms with Gasteiger partial charge in [-0.05, 0) is 37.1 Å². The summed E-state index contributed by atoms with van der Waals surface area (Å²) >= 11 is 0. The predicted octanol–water partition coefficient (Wildman–Crippen LogP) is 3.61. The lowest BCUT2D eigenvalue weighted by molar-refractivity contribution is 0.120. The maximum atomic E-state index is 5.75. The molecule has 1 aromatic carbocycles. The molecule has 6 nitrogen and oxygen atoms in total. The van der Waals surface area contributed by atoms with Crippen molar-refractivity contribution in [1.29, 1.82) is 0 Å². The van der Waals surface area contributed by atoms with Gasteiger partial charge in [-0.1, -0.05) is 12.1 Å². The number of methoxy groups -OCH3 is 2. The van der Waals surface area contributed by atoms with Gasteiger partial charge < -0.3 is 19.5 Å². The number of hydrogen-bond donors (Lipinski definition) is 1. The number of hydrogen-bond acceptors (Lipinski definition) is 5. The first kappa shape index (κ1) is 16.7. The van der Waals surface area contributed by atoms with Crippen molar-refractivity contribution in [3.05, 3.63) is 42.6 Å². The number of nitrogens with one attached hydrogen (secondary N) is 1. The van der Waals surface area contributed by atoms with Crippen molar-refractivity contribution in [2.24, 2.45) is 0 Å². The maximum Gasteiger partial charge on any atom is 0.170 e. The number of nitrogens with zero attached hydrogens (tertiary/aromatic N) is 2. The monoisotopic (exact) mass is 353 g/mol. The average molecular weight is 353 g/mol. The van der Waals surface area contributed by atoms with Crippen molar-refractivity contribution >= 4 is 11.5 Å². The largest absolute Gasteiger partial charge is 0.493 e. The van der Waals surface area contributed by atoms with Gasteiger partial charge in [0.1, 0.15) is 17.2 Å². The van der Waals surface area contributed by atoms with Crippen LogP contribution in [0.4, 0.5) is 5.82 Å². The number of imidazole rings is 1. The summed E-state index contributed by atoms with van der Waals surface area (Å²) in [6.07, 6.45) is 4.46. The summed E-state index contributed by atoms with van der Waals surface area (Å²) < 4.78 is 18.9. The van der Waals surface area contributed by atoms with Crippen molar-refractivity contribution in [3.63, 3.8) is 0 Å². The maximum absolute atomic E-state index is 5.75. The van der Waals surface area contributed by atoms with Crippen molar-refractivity contribution in [2.45, 2.75) is 18.9 Å². The van der Waals surface area contributed by atoms with Crippen LogP contribution in [0.1, 0.15) is 12.8 Å². The van der Waals surface area contributed by atoms with Crippen molar-refractivity contribution in [1.82, 2.24) is 9.38 Å². The number of anilines is 1. The zero-order valence-electron chi connectivity index (χ0n) is 15.1. The van der Waals surface area contributed by atoms with Gasteiger partial charge in [0.25, 0.3) is 0 Å². The summed E-state index contributed by atoms with van der Waals surface area (Å²) in [6.45, 7) is 1.60. The molecule has 0 spiro atoms. The van der Waals surface area contributed by atoms with Gasteiger partial charge in [0.05, 0.1) is 20.3 Å². The number of pyridine rings is 1. The smallest absolute Gasteiger partial charge is 0.170 e.